The lowest BCUT2D eigenvalue weighted by Crippen LogP contribution is -2.61. The Kier molecular flexibility index (Phi) is 5.71. The average molecular weight is 443 g/mol. The van der Waals surface area contributed by atoms with Crippen LogP contribution in [-0.4, -0.2) is 21.9 Å². The number of allylic oxidation sites excluding steroid dienone is 2. The molecule has 0 unspecified atom stereocenters. The first-order chi connectivity index (χ1) is 14.6. The van der Waals surface area contributed by atoms with E-state index in [1.165, 1.54) is 38.5 Å². The lowest BCUT2D eigenvalue weighted by molar-refractivity contribution is -0.182. The van der Waals surface area contributed by atoms with Crippen LogP contribution in [-0.2, 0) is 0 Å². The van der Waals surface area contributed by atoms with Crippen LogP contribution in [0.3, 0.4) is 0 Å². The van der Waals surface area contributed by atoms with Gasteiger partial charge >= 0.3 is 0 Å². The molecule has 0 aromatic rings. The first-order valence-electron chi connectivity index (χ1n) is 13.4. The normalized spacial score (nSPS) is 48.6. The van der Waals surface area contributed by atoms with Crippen molar-refractivity contribution in [3.05, 3.63) is 23.8 Å². The lowest BCUT2D eigenvalue weighted by atomic mass is 9.35. The van der Waals surface area contributed by atoms with Gasteiger partial charge in [0.15, 0.2) is 0 Å². The predicted octanol–water partition coefficient (Wildman–Crippen LogP) is 7.45. The fourth-order valence-corrected chi connectivity index (χ4v) is 9.08. The number of aliphatic hydroxyl groups is 2. The van der Waals surface area contributed by atoms with Gasteiger partial charge in [-0.1, -0.05) is 65.3 Å². The van der Waals surface area contributed by atoms with Gasteiger partial charge in [0, 0.05) is 5.41 Å². The molecule has 0 amide bonds. The summed E-state index contributed by atoms with van der Waals surface area (Å²) in [7, 11) is 0. The van der Waals surface area contributed by atoms with Crippen molar-refractivity contribution in [2.75, 3.05) is 0 Å². The lowest BCUT2D eigenvalue weighted by Gasteiger charge is -2.69. The Hall–Kier alpha value is -0.600. The zero-order valence-electron chi connectivity index (χ0n) is 22.2. The van der Waals surface area contributed by atoms with Crippen molar-refractivity contribution < 1.29 is 10.2 Å². The summed E-state index contributed by atoms with van der Waals surface area (Å²) in [5.41, 5.74) is 2.23. The highest BCUT2D eigenvalue weighted by Gasteiger charge is 2.65. The number of rotatable bonds is 3. The molecule has 3 saturated carbocycles. The van der Waals surface area contributed by atoms with E-state index in [0.29, 0.717) is 27.6 Å². The molecule has 182 valence electrons. The molecule has 0 radical (unpaired) electrons. The second-order valence-corrected chi connectivity index (χ2v) is 14.5. The molecule has 4 rings (SSSR count). The van der Waals surface area contributed by atoms with E-state index in [2.05, 4.69) is 53.7 Å². The van der Waals surface area contributed by atoms with E-state index in [1.807, 2.05) is 19.9 Å². The summed E-state index contributed by atoms with van der Waals surface area (Å²) in [6, 6.07) is 0. The summed E-state index contributed by atoms with van der Waals surface area (Å²) in [4.78, 5) is 0. The first-order valence-corrected chi connectivity index (χ1v) is 13.4. The number of aliphatic hydroxyl groups excluding tert-OH is 1. The Morgan fingerprint density at radius 1 is 1.00 bits per heavy atom. The van der Waals surface area contributed by atoms with E-state index < -0.39 is 5.60 Å². The average Bonchev–Trinajstić information content (AvgIpc) is 2.65. The molecular formula is C30H50O2. The standard InChI is InChI=1S/C30H50O2/c1-25(2,32)14-9-15-27(5)16-19-30(8)23-12-10-21-22(11-13-24(31)26(21,3)4)29(23,7)18-17-28(30,6)20-27/h9-10,14,22-24,31-32H,11-13,15-20H2,1-8H3/b14-9+/t22-,23+,24+,27-,28+,29+,30-/m1/s1. The molecule has 2 N–H and O–H groups in total. The maximum Gasteiger partial charge on any atom is 0.0771 e. The highest BCUT2D eigenvalue weighted by molar-refractivity contribution is 5.30. The molecule has 0 heterocycles. The van der Waals surface area contributed by atoms with Crippen molar-refractivity contribution in [3.63, 3.8) is 0 Å². The molecule has 0 aliphatic heterocycles. The fourth-order valence-electron chi connectivity index (χ4n) is 9.08. The number of hydrogen-bond acceptors (Lipinski definition) is 2. The third kappa shape index (κ3) is 3.67. The van der Waals surface area contributed by atoms with Gasteiger partial charge in [0.1, 0.15) is 0 Å². The van der Waals surface area contributed by atoms with Crippen molar-refractivity contribution in [3.8, 4) is 0 Å². The Morgan fingerprint density at radius 2 is 1.69 bits per heavy atom. The third-order valence-electron chi connectivity index (χ3n) is 11.4. The smallest absolute Gasteiger partial charge is 0.0771 e. The van der Waals surface area contributed by atoms with Crippen molar-refractivity contribution in [2.24, 2.45) is 38.9 Å². The van der Waals surface area contributed by atoms with Gasteiger partial charge < -0.3 is 10.2 Å². The zero-order valence-corrected chi connectivity index (χ0v) is 22.2. The van der Waals surface area contributed by atoms with Crippen LogP contribution in [0.5, 0.6) is 0 Å². The van der Waals surface area contributed by atoms with E-state index in [1.54, 1.807) is 5.57 Å². The first kappa shape index (κ1) is 24.5. The third-order valence-corrected chi connectivity index (χ3v) is 11.4. The van der Waals surface area contributed by atoms with Crippen LogP contribution in [0.1, 0.15) is 113 Å². The van der Waals surface area contributed by atoms with Gasteiger partial charge in [-0.25, -0.2) is 0 Å². The quantitative estimate of drug-likeness (QED) is 0.446. The SMILES string of the molecule is CC(C)(O)/C=C/C[C@]1(C)CC[C@]2(C)[C@H]3CC=C4[C@@H](CC[C@H](O)C4(C)C)[C@]3(C)CC[C@@]2(C)C1. The van der Waals surface area contributed by atoms with E-state index in [-0.39, 0.29) is 11.5 Å². The summed E-state index contributed by atoms with van der Waals surface area (Å²) < 4.78 is 0. The molecule has 3 fully saturated rings. The highest BCUT2D eigenvalue weighted by atomic mass is 16.3. The molecule has 0 spiro atoms. The number of hydrogen-bond donors (Lipinski definition) is 2. The van der Waals surface area contributed by atoms with E-state index in [4.69, 9.17) is 0 Å². The van der Waals surface area contributed by atoms with Gasteiger partial charge in [0.2, 0.25) is 0 Å². The molecule has 4 aliphatic carbocycles. The molecule has 2 nitrogen and oxygen atoms in total. The van der Waals surface area contributed by atoms with Crippen molar-refractivity contribution in [1.82, 2.24) is 0 Å². The maximum atomic E-state index is 10.8. The van der Waals surface area contributed by atoms with Crippen LogP contribution in [0.25, 0.3) is 0 Å². The molecule has 0 aromatic carbocycles. The van der Waals surface area contributed by atoms with Crippen LogP contribution in [0, 0.1) is 38.9 Å². The Morgan fingerprint density at radius 3 is 2.34 bits per heavy atom. The van der Waals surface area contributed by atoms with Crippen LogP contribution in [0.15, 0.2) is 23.8 Å². The summed E-state index contributed by atoms with van der Waals surface area (Å²) >= 11 is 0. The summed E-state index contributed by atoms with van der Waals surface area (Å²) in [5, 5.41) is 20.9. The fraction of sp³-hybridized carbons (Fsp3) is 0.867. The van der Waals surface area contributed by atoms with Gasteiger partial charge in [-0.05, 0) is 105 Å². The van der Waals surface area contributed by atoms with Gasteiger partial charge in [-0.2, -0.15) is 0 Å². The summed E-state index contributed by atoms with van der Waals surface area (Å²) in [6.07, 6.45) is 17.6. The Bertz CT molecular complexity index is 800. The van der Waals surface area contributed by atoms with Gasteiger partial charge in [0.25, 0.3) is 0 Å². The van der Waals surface area contributed by atoms with Gasteiger partial charge in [-0.3, -0.25) is 0 Å². The molecule has 7 atom stereocenters. The van der Waals surface area contributed by atoms with Crippen LogP contribution in [0.4, 0.5) is 0 Å². The zero-order chi connectivity index (χ0) is 23.8. The minimum absolute atomic E-state index is 0.0729. The largest absolute Gasteiger partial charge is 0.392 e. The van der Waals surface area contributed by atoms with Crippen LogP contribution >= 0.6 is 0 Å². The topological polar surface area (TPSA) is 40.5 Å². The van der Waals surface area contributed by atoms with E-state index in [9.17, 15) is 10.2 Å². The molecule has 2 heteroatoms. The van der Waals surface area contributed by atoms with Crippen LogP contribution in [0.2, 0.25) is 0 Å². The molecule has 0 bridgehead atoms. The second kappa shape index (κ2) is 7.45. The molecule has 0 aromatic heterocycles. The van der Waals surface area contributed by atoms with Crippen molar-refractivity contribution in [2.45, 2.75) is 125 Å². The predicted molar refractivity (Wildman–Crippen MR) is 134 cm³/mol. The Labute approximate surface area is 198 Å². The highest BCUT2D eigenvalue weighted by Crippen LogP contribution is 2.73. The van der Waals surface area contributed by atoms with Gasteiger partial charge in [0.05, 0.1) is 11.7 Å². The second-order valence-electron chi connectivity index (χ2n) is 14.5. The van der Waals surface area contributed by atoms with E-state index in [0.717, 1.165) is 25.2 Å². The molecule has 32 heavy (non-hydrogen) atoms. The Balaban J connectivity index is 1.62. The molecule has 4 aliphatic rings. The summed E-state index contributed by atoms with van der Waals surface area (Å²) in [6.45, 7) is 18.6. The van der Waals surface area contributed by atoms with E-state index >= 15 is 0 Å². The van der Waals surface area contributed by atoms with Crippen molar-refractivity contribution in [1.29, 1.82) is 0 Å². The minimum Gasteiger partial charge on any atom is -0.392 e. The summed E-state index contributed by atoms with van der Waals surface area (Å²) in [5.74, 6) is 1.38. The van der Waals surface area contributed by atoms with Crippen molar-refractivity contribution >= 4 is 0 Å². The monoisotopic (exact) mass is 442 g/mol. The van der Waals surface area contributed by atoms with Crippen LogP contribution < -0.4 is 0 Å². The minimum atomic E-state index is -0.719. The molecular weight excluding hydrogens is 392 g/mol. The molecule has 0 saturated heterocycles. The number of fused-ring (bicyclic) bond motifs is 5. The van der Waals surface area contributed by atoms with Gasteiger partial charge in [-0.15, -0.1) is 0 Å². The maximum absolute atomic E-state index is 10.8.